The van der Waals surface area contributed by atoms with E-state index in [1.807, 2.05) is 0 Å². The van der Waals surface area contributed by atoms with E-state index in [1.165, 1.54) is 12.8 Å². The Hall–Kier alpha value is 0.410. The molecule has 0 spiro atoms. The van der Waals surface area contributed by atoms with Crippen molar-refractivity contribution in [1.29, 1.82) is 0 Å². The Balaban J connectivity index is 2.23. The summed E-state index contributed by atoms with van der Waals surface area (Å²) in [4.78, 5) is 0.575. The molecule has 60 valence electrons. The van der Waals surface area contributed by atoms with Crippen molar-refractivity contribution < 1.29 is 4.39 Å². The van der Waals surface area contributed by atoms with Gasteiger partial charge in [-0.2, -0.15) is 0 Å². The van der Waals surface area contributed by atoms with Gasteiger partial charge in [0.2, 0.25) is 0 Å². The number of hydrogen-bond donors (Lipinski definition) is 0. The lowest BCUT2D eigenvalue weighted by atomic mass is 10.00. The molecule has 0 aromatic heterocycles. The summed E-state index contributed by atoms with van der Waals surface area (Å²) in [5.74, 6) is 0. The molecule has 0 aliphatic heterocycles. The normalized spacial score (nSPS) is 36.6. The summed E-state index contributed by atoms with van der Waals surface area (Å²) in [6.45, 7) is 0. The number of rotatable bonds is 0. The monoisotopic (exact) mass is 208 g/mol. The summed E-state index contributed by atoms with van der Waals surface area (Å²) in [6.07, 6.45) is 5.53. The van der Waals surface area contributed by atoms with Gasteiger partial charge in [0.15, 0.2) is 0 Å². The van der Waals surface area contributed by atoms with E-state index in [1.54, 1.807) is 0 Å². The summed E-state index contributed by atoms with van der Waals surface area (Å²) < 4.78 is 12.8. The summed E-state index contributed by atoms with van der Waals surface area (Å²) >= 11 is 3.53. The summed E-state index contributed by atoms with van der Waals surface area (Å²) in [5.41, 5.74) is 0. The maximum atomic E-state index is 12.8. The molecule has 0 saturated heterocycles. The maximum Gasteiger partial charge on any atom is 0.100 e. The lowest BCUT2D eigenvalue weighted by Crippen LogP contribution is -2.09. The first kappa shape index (κ1) is 8.51. The third-order valence-electron chi connectivity index (χ3n) is 2.08. The van der Waals surface area contributed by atoms with Crippen LogP contribution in [0.5, 0.6) is 0 Å². The van der Waals surface area contributed by atoms with Crippen LogP contribution in [0, 0.1) is 0 Å². The second-order valence-corrected chi connectivity index (χ2v) is 4.35. The van der Waals surface area contributed by atoms with Gasteiger partial charge in [0.25, 0.3) is 0 Å². The quantitative estimate of drug-likeness (QED) is 0.536. The molecule has 10 heavy (non-hydrogen) atoms. The van der Waals surface area contributed by atoms with Gasteiger partial charge < -0.3 is 0 Å². The van der Waals surface area contributed by atoms with Gasteiger partial charge in [-0.3, -0.25) is 0 Å². The molecule has 1 aliphatic rings. The van der Waals surface area contributed by atoms with Crippen molar-refractivity contribution in [1.82, 2.24) is 0 Å². The molecule has 2 atom stereocenters. The van der Waals surface area contributed by atoms with Crippen LogP contribution in [0.15, 0.2) is 0 Å². The van der Waals surface area contributed by atoms with Gasteiger partial charge in [-0.25, -0.2) is 4.39 Å². The van der Waals surface area contributed by atoms with Crippen molar-refractivity contribution in [2.24, 2.45) is 0 Å². The summed E-state index contributed by atoms with van der Waals surface area (Å²) in [7, 11) is 0. The van der Waals surface area contributed by atoms with Gasteiger partial charge in [0.1, 0.15) is 6.17 Å². The molecule has 1 fully saturated rings. The second-order valence-electron chi connectivity index (χ2n) is 3.06. The lowest BCUT2D eigenvalue weighted by Gasteiger charge is -2.15. The molecule has 2 heteroatoms. The molecule has 1 aliphatic carbocycles. The zero-order valence-electron chi connectivity index (χ0n) is 6.15. The number of hydrogen-bond acceptors (Lipinski definition) is 0. The molecule has 0 nitrogen and oxygen atoms in total. The average Bonchev–Trinajstić information content (AvgIpc) is 1.90. The molecule has 0 bridgehead atoms. The van der Waals surface area contributed by atoms with Crippen LogP contribution in [0.4, 0.5) is 4.39 Å². The maximum absolute atomic E-state index is 12.8. The van der Waals surface area contributed by atoms with E-state index in [0.717, 1.165) is 25.7 Å². The van der Waals surface area contributed by atoms with Crippen molar-refractivity contribution in [3.05, 3.63) is 0 Å². The molecule has 0 heterocycles. The minimum absolute atomic E-state index is 0.527. The van der Waals surface area contributed by atoms with Crippen LogP contribution in [0.1, 0.15) is 38.5 Å². The number of alkyl halides is 2. The minimum Gasteiger partial charge on any atom is -0.247 e. The average molecular weight is 209 g/mol. The standard InChI is InChI=1S/C8H14BrF/c9-7-3-1-2-4-8(10)6-5-7/h7-8H,1-6H2. The first-order valence-electron chi connectivity index (χ1n) is 4.07. The molecule has 0 aromatic carbocycles. The fraction of sp³-hybridized carbons (Fsp3) is 1.00. The van der Waals surface area contributed by atoms with E-state index < -0.39 is 6.17 Å². The molecule has 1 saturated carbocycles. The van der Waals surface area contributed by atoms with E-state index in [9.17, 15) is 4.39 Å². The fourth-order valence-corrected chi connectivity index (χ4v) is 1.97. The van der Waals surface area contributed by atoms with E-state index in [0.29, 0.717) is 4.83 Å². The van der Waals surface area contributed by atoms with Crippen LogP contribution in [0.3, 0.4) is 0 Å². The molecule has 0 radical (unpaired) electrons. The Morgan fingerprint density at radius 3 is 2.50 bits per heavy atom. The SMILES string of the molecule is FC1CCCCC(Br)CC1. The zero-order chi connectivity index (χ0) is 7.40. The van der Waals surface area contributed by atoms with E-state index >= 15 is 0 Å². The zero-order valence-corrected chi connectivity index (χ0v) is 7.74. The minimum atomic E-state index is -0.527. The highest BCUT2D eigenvalue weighted by Gasteiger charge is 2.13. The highest BCUT2D eigenvalue weighted by atomic mass is 79.9. The Morgan fingerprint density at radius 1 is 1.00 bits per heavy atom. The van der Waals surface area contributed by atoms with Crippen molar-refractivity contribution >= 4 is 15.9 Å². The largest absolute Gasteiger partial charge is 0.247 e. The summed E-state index contributed by atoms with van der Waals surface area (Å²) in [5, 5.41) is 0. The molecule has 0 aromatic rings. The molecule has 0 N–H and O–H groups in total. The molecule has 2 unspecified atom stereocenters. The topological polar surface area (TPSA) is 0 Å². The van der Waals surface area contributed by atoms with Gasteiger partial charge >= 0.3 is 0 Å². The van der Waals surface area contributed by atoms with Gasteiger partial charge in [0.05, 0.1) is 0 Å². The first-order valence-corrected chi connectivity index (χ1v) is 4.99. The fourth-order valence-electron chi connectivity index (χ4n) is 1.38. The highest BCUT2D eigenvalue weighted by molar-refractivity contribution is 9.09. The van der Waals surface area contributed by atoms with E-state index in [2.05, 4.69) is 15.9 Å². The summed E-state index contributed by atoms with van der Waals surface area (Å²) in [6, 6.07) is 0. The molecule has 1 rings (SSSR count). The Labute approximate surface area is 70.3 Å². The third kappa shape index (κ3) is 3.00. The Morgan fingerprint density at radius 2 is 1.70 bits per heavy atom. The van der Waals surface area contributed by atoms with Crippen LogP contribution >= 0.6 is 15.9 Å². The molecule has 0 amide bonds. The van der Waals surface area contributed by atoms with Crippen LogP contribution in [0.25, 0.3) is 0 Å². The molecular formula is C8H14BrF. The Kier molecular flexibility index (Phi) is 3.68. The third-order valence-corrected chi connectivity index (χ3v) is 2.99. The molecular weight excluding hydrogens is 195 g/mol. The van der Waals surface area contributed by atoms with E-state index in [4.69, 9.17) is 0 Å². The van der Waals surface area contributed by atoms with Crippen molar-refractivity contribution in [2.75, 3.05) is 0 Å². The highest BCUT2D eigenvalue weighted by Crippen LogP contribution is 2.23. The predicted octanol–water partition coefficient (Wildman–Crippen LogP) is 3.44. The first-order chi connectivity index (χ1) is 4.79. The van der Waals surface area contributed by atoms with Crippen molar-refractivity contribution in [3.8, 4) is 0 Å². The lowest BCUT2D eigenvalue weighted by molar-refractivity contribution is 0.270. The van der Waals surface area contributed by atoms with Gasteiger partial charge in [-0.15, -0.1) is 0 Å². The predicted molar refractivity (Wildman–Crippen MR) is 45.3 cm³/mol. The van der Waals surface area contributed by atoms with Crippen LogP contribution in [-0.4, -0.2) is 11.0 Å². The second kappa shape index (κ2) is 4.32. The van der Waals surface area contributed by atoms with Gasteiger partial charge in [0, 0.05) is 4.83 Å². The van der Waals surface area contributed by atoms with Gasteiger partial charge in [-0.05, 0) is 25.7 Å². The van der Waals surface area contributed by atoms with Crippen LogP contribution in [0.2, 0.25) is 0 Å². The van der Waals surface area contributed by atoms with Crippen LogP contribution in [-0.2, 0) is 0 Å². The number of halogens is 2. The Bertz CT molecular complexity index is 83.3. The van der Waals surface area contributed by atoms with Gasteiger partial charge in [-0.1, -0.05) is 28.8 Å². The van der Waals surface area contributed by atoms with E-state index in [-0.39, 0.29) is 0 Å². The smallest absolute Gasteiger partial charge is 0.100 e. The van der Waals surface area contributed by atoms with Crippen molar-refractivity contribution in [3.63, 3.8) is 0 Å². The van der Waals surface area contributed by atoms with Crippen molar-refractivity contribution in [2.45, 2.75) is 49.5 Å². The van der Waals surface area contributed by atoms with Crippen LogP contribution < -0.4 is 0 Å².